The van der Waals surface area contributed by atoms with Crippen LogP contribution in [-0.2, 0) is 4.79 Å². The molecule has 0 aliphatic carbocycles. The smallest absolute Gasteiger partial charge is 0.314 e. The van der Waals surface area contributed by atoms with Crippen LogP contribution in [0, 0.1) is 19.3 Å². The largest absolute Gasteiger partial charge is 0.481 e. The van der Waals surface area contributed by atoms with Gasteiger partial charge >= 0.3 is 5.97 Å². The molecule has 0 saturated carbocycles. The first-order valence-electron chi connectivity index (χ1n) is 8.92. The summed E-state index contributed by atoms with van der Waals surface area (Å²) in [5, 5.41) is 21.3. The van der Waals surface area contributed by atoms with Gasteiger partial charge in [-0.25, -0.2) is 4.98 Å². The van der Waals surface area contributed by atoms with Gasteiger partial charge in [0.25, 0.3) is 0 Å². The highest BCUT2D eigenvalue weighted by atomic mass is 16.4. The van der Waals surface area contributed by atoms with E-state index in [2.05, 4.69) is 19.9 Å². The van der Waals surface area contributed by atoms with Gasteiger partial charge in [0, 0.05) is 18.5 Å². The number of aryl methyl sites for hydroxylation is 2. The Hall–Kier alpha value is -2.14. The number of piperidine rings is 1. The van der Waals surface area contributed by atoms with Gasteiger partial charge in [0.2, 0.25) is 0 Å². The molecule has 1 saturated heterocycles. The monoisotopic (exact) mass is 342 g/mol. The Kier molecular flexibility index (Phi) is 4.69. The average molecular weight is 342 g/mol. The van der Waals surface area contributed by atoms with Crippen LogP contribution in [0.5, 0.6) is 0 Å². The molecule has 134 valence electrons. The van der Waals surface area contributed by atoms with Crippen molar-refractivity contribution in [1.29, 1.82) is 0 Å². The van der Waals surface area contributed by atoms with Crippen molar-refractivity contribution in [2.24, 2.45) is 5.41 Å². The van der Waals surface area contributed by atoms with Crippen molar-refractivity contribution in [2.45, 2.75) is 46.1 Å². The molecule has 2 aromatic rings. The second-order valence-electron chi connectivity index (χ2n) is 7.26. The Morgan fingerprint density at radius 2 is 2.12 bits per heavy atom. The molecule has 1 aliphatic rings. The molecule has 5 heteroatoms. The van der Waals surface area contributed by atoms with E-state index in [9.17, 15) is 15.0 Å². The van der Waals surface area contributed by atoms with Gasteiger partial charge in [-0.3, -0.25) is 4.79 Å². The molecule has 1 aromatic carbocycles. The number of aliphatic carboxylic acids is 1. The molecule has 0 amide bonds. The van der Waals surface area contributed by atoms with Gasteiger partial charge < -0.3 is 15.1 Å². The number of aromatic nitrogens is 1. The SMILES string of the molecule is CCC[C@]1(C(=O)O)CN(c2cc(C)c3cc(C)ccc3n2)CCC1O. The maximum atomic E-state index is 12.0. The van der Waals surface area contributed by atoms with Crippen molar-refractivity contribution in [2.75, 3.05) is 18.0 Å². The summed E-state index contributed by atoms with van der Waals surface area (Å²) in [7, 11) is 0. The Morgan fingerprint density at radius 3 is 2.80 bits per heavy atom. The lowest BCUT2D eigenvalue weighted by Crippen LogP contribution is -2.56. The lowest BCUT2D eigenvalue weighted by molar-refractivity contribution is -0.158. The van der Waals surface area contributed by atoms with E-state index in [4.69, 9.17) is 4.98 Å². The van der Waals surface area contributed by atoms with Crippen molar-refractivity contribution in [3.63, 3.8) is 0 Å². The van der Waals surface area contributed by atoms with E-state index in [-0.39, 0.29) is 0 Å². The third-order valence-electron chi connectivity index (χ3n) is 5.39. The number of aliphatic hydroxyl groups excluding tert-OH is 1. The molecule has 25 heavy (non-hydrogen) atoms. The summed E-state index contributed by atoms with van der Waals surface area (Å²) in [6.45, 7) is 6.98. The summed E-state index contributed by atoms with van der Waals surface area (Å²) in [6, 6.07) is 8.20. The van der Waals surface area contributed by atoms with Gasteiger partial charge in [-0.05, 0) is 50.5 Å². The molecular formula is C20H26N2O3. The molecular weight excluding hydrogens is 316 g/mol. The highest BCUT2D eigenvalue weighted by Crippen LogP contribution is 2.37. The van der Waals surface area contributed by atoms with E-state index >= 15 is 0 Å². The second kappa shape index (κ2) is 6.64. The first-order chi connectivity index (χ1) is 11.9. The molecule has 1 aliphatic heterocycles. The normalized spacial score (nSPS) is 23.8. The van der Waals surface area contributed by atoms with E-state index in [1.54, 1.807) is 0 Å². The zero-order valence-electron chi connectivity index (χ0n) is 15.1. The quantitative estimate of drug-likeness (QED) is 0.892. The molecule has 0 radical (unpaired) electrons. The number of carboxylic acid groups (broad SMARTS) is 1. The van der Waals surface area contributed by atoms with E-state index in [1.807, 2.05) is 30.0 Å². The fourth-order valence-electron chi connectivity index (χ4n) is 3.94. The molecule has 1 fully saturated rings. The Bertz CT molecular complexity index is 805. The Morgan fingerprint density at radius 1 is 1.36 bits per heavy atom. The van der Waals surface area contributed by atoms with Crippen LogP contribution in [0.1, 0.15) is 37.3 Å². The summed E-state index contributed by atoms with van der Waals surface area (Å²) in [5.41, 5.74) is 2.12. The molecule has 0 spiro atoms. The maximum absolute atomic E-state index is 12.0. The molecule has 2 atom stereocenters. The molecule has 1 aromatic heterocycles. The third kappa shape index (κ3) is 3.09. The summed E-state index contributed by atoms with van der Waals surface area (Å²) in [5.74, 6) is -0.123. The molecule has 1 unspecified atom stereocenters. The van der Waals surface area contributed by atoms with Gasteiger partial charge in [-0.15, -0.1) is 0 Å². The second-order valence-corrected chi connectivity index (χ2v) is 7.26. The van der Waals surface area contributed by atoms with E-state index in [0.29, 0.717) is 25.9 Å². The van der Waals surface area contributed by atoms with Crippen molar-refractivity contribution in [3.8, 4) is 0 Å². The van der Waals surface area contributed by atoms with Crippen LogP contribution >= 0.6 is 0 Å². The number of rotatable bonds is 4. The van der Waals surface area contributed by atoms with E-state index in [1.165, 1.54) is 5.56 Å². The predicted octanol–water partition coefficient (Wildman–Crippen LogP) is 3.29. The van der Waals surface area contributed by atoms with Gasteiger partial charge in [0.05, 0.1) is 11.6 Å². The van der Waals surface area contributed by atoms with Crippen LogP contribution < -0.4 is 4.90 Å². The number of carboxylic acids is 1. The number of nitrogens with zero attached hydrogens (tertiary/aromatic N) is 2. The lowest BCUT2D eigenvalue weighted by atomic mass is 9.74. The maximum Gasteiger partial charge on any atom is 0.314 e. The van der Waals surface area contributed by atoms with Gasteiger partial charge in [-0.1, -0.05) is 25.0 Å². The van der Waals surface area contributed by atoms with Crippen LogP contribution in [0.3, 0.4) is 0 Å². The van der Waals surface area contributed by atoms with Crippen molar-refractivity contribution >= 4 is 22.7 Å². The minimum Gasteiger partial charge on any atom is -0.481 e. The Labute approximate surface area is 148 Å². The molecule has 0 bridgehead atoms. The number of pyridine rings is 1. The standard InChI is InChI=1S/C20H26N2O3/c1-4-8-20(19(24)25)12-22(9-7-17(20)23)18-11-14(3)15-10-13(2)5-6-16(15)21-18/h5-6,10-11,17,23H,4,7-9,12H2,1-3H3,(H,24,25)/t17?,20-/m0/s1. The average Bonchev–Trinajstić information content (AvgIpc) is 2.57. The lowest BCUT2D eigenvalue weighted by Gasteiger charge is -2.44. The fourth-order valence-corrected chi connectivity index (χ4v) is 3.94. The molecule has 2 N–H and O–H groups in total. The summed E-state index contributed by atoms with van der Waals surface area (Å²) in [6.07, 6.45) is 0.816. The Balaban J connectivity index is 2.00. The van der Waals surface area contributed by atoms with Gasteiger partial charge in [0.15, 0.2) is 0 Å². The molecule has 5 nitrogen and oxygen atoms in total. The van der Waals surface area contributed by atoms with Crippen molar-refractivity contribution in [3.05, 3.63) is 35.4 Å². The van der Waals surface area contributed by atoms with Crippen LogP contribution in [0.2, 0.25) is 0 Å². The number of hydrogen-bond acceptors (Lipinski definition) is 4. The number of aliphatic hydroxyl groups is 1. The fraction of sp³-hybridized carbons (Fsp3) is 0.500. The zero-order valence-corrected chi connectivity index (χ0v) is 15.1. The third-order valence-corrected chi connectivity index (χ3v) is 5.39. The first-order valence-corrected chi connectivity index (χ1v) is 8.92. The molecule has 3 rings (SSSR count). The molecule has 2 heterocycles. The number of carbonyl (C=O) groups is 1. The topological polar surface area (TPSA) is 73.7 Å². The number of anilines is 1. The number of hydrogen-bond donors (Lipinski definition) is 2. The van der Waals surface area contributed by atoms with E-state index in [0.717, 1.165) is 28.7 Å². The van der Waals surface area contributed by atoms with Crippen LogP contribution in [0.4, 0.5) is 5.82 Å². The summed E-state index contributed by atoms with van der Waals surface area (Å²) >= 11 is 0. The van der Waals surface area contributed by atoms with E-state index < -0.39 is 17.5 Å². The van der Waals surface area contributed by atoms with Crippen LogP contribution in [0.15, 0.2) is 24.3 Å². The van der Waals surface area contributed by atoms with Gasteiger partial charge in [-0.2, -0.15) is 0 Å². The zero-order chi connectivity index (χ0) is 18.2. The first kappa shape index (κ1) is 17.7. The minimum absolute atomic E-state index is 0.293. The summed E-state index contributed by atoms with van der Waals surface area (Å²) < 4.78 is 0. The predicted molar refractivity (Wildman–Crippen MR) is 99.0 cm³/mol. The number of benzene rings is 1. The van der Waals surface area contributed by atoms with Crippen molar-refractivity contribution in [1.82, 2.24) is 4.98 Å². The minimum atomic E-state index is -1.12. The number of fused-ring (bicyclic) bond motifs is 1. The van der Waals surface area contributed by atoms with Crippen molar-refractivity contribution < 1.29 is 15.0 Å². The highest BCUT2D eigenvalue weighted by molar-refractivity contribution is 5.85. The summed E-state index contributed by atoms with van der Waals surface area (Å²) in [4.78, 5) is 18.7. The highest BCUT2D eigenvalue weighted by Gasteiger charge is 2.48. The van der Waals surface area contributed by atoms with Gasteiger partial charge in [0.1, 0.15) is 11.2 Å². The van der Waals surface area contributed by atoms with Crippen LogP contribution in [-0.4, -0.2) is 40.4 Å². The van der Waals surface area contributed by atoms with Crippen LogP contribution in [0.25, 0.3) is 10.9 Å².